The Bertz CT molecular complexity index is 861. The van der Waals surface area contributed by atoms with Gasteiger partial charge in [-0.1, -0.05) is 23.9 Å². The van der Waals surface area contributed by atoms with Crippen molar-refractivity contribution in [2.45, 2.75) is 5.16 Å². The number of thioether (sulfide) groups is 1. The van der Waals surface area contributed by atoms with Crippen LogP contribution >= 0.6 is 23.1 Å². The van der Waals surface area contributed by atoms with Gasteiger partial charge in [-0.2, -0.15) is 0 Å². The van der Waals surface area contributed by atoms with Gasteiger partial charge in [0.15, 0.2) is 5.16 Å². The summed E-state index contributed by atoms with van der Waals surface area (Å²) in [5.41, 5.74) is 7.07. The summed E-state index contributed by atoms with van der Waals surface area (Å²) in [6, 6.07) is 9.40. The molecule has 0 saturated carbocycles. The first-order chi connectivity index (χ1) is 10.6. The summed E-state index contributed by atoms with van der Waals surface area (Å²) in [5, 5.41) is 1.48. The Morgan fingerprint density at radius 1 is 1.32 bits per heavy atom. The van der Waals surface area contributed by atoms with E-state index in [1.807, 2.05) is 30.5 Å². The van der Waals surface area contributed by atoms with Crippen LogP contribution in [-0.4, -0.2) is 29.2 Å². The van der Waals surface area contributed by atoms with Crippen LogP contribution in [0.4, 0.5) is 0 Å². The molecule has 7 heteroatoms. The molecule has 3 rings (SSSR count). The van der Waals surface area contributed by atoms with Gasteiger partial charge in [-0.25, -0.2) is 9.97 Å². The molecule has 5 nitrogen and oxygen atoms in total. The highest BCUT2D eigenvalue weighted by atomic mass is 32.2. The molecule has 2 aromatic heterocycles. The molecule has 0 fully saturated rings. The van der Waals surface area contributed by atoms with E-state index in [4.69, 9.17) is 10.5 Å². The number of thiophene rings is 1. The molecule has 0 unspecified atom stereocenters. The molecule has 0 atom stereocenters. The SMILES string of the molecule is COc1cccc(-c2nc(SC)nc3sc(C(N)=O)cc23)c1. The molecule has 0 aliphatic heterocycles. The van der Waals surface area contributed by atoms with Gasteiger partial charge in [0.1, 0.15) is 10.6 Å². The number of benzene rings is 1. The monoisotopic (exact) mass is 331 g/mol. The van der Waals surface area contributed by atoms with Crippen molar-refractivity contribution in [3.63, 3.8) is 0 Å². The van der Waals surface area contributed by atoms with E-state index in [0.717, 1.165) is 27.2 Å². The molecule has 112 valence electrons. The molecule has 2 N–H and O–H groups in total. The van der Waals surface area contributed by atoms with Crippen molar-refractivity contribution in [2.24, 2.45) is 5.73 Å². The van der Waals surface area contributed by atoms with E-state index in [0.29, 0.717) is 10.0 Å². The third-order valence-electron chi connectivity index (χ3n) is 3.14. The molecule has 3 aromatic rings. The van der Waals surface area contributed by atoms with Crippen LogP contribution in [-0.2, 0) is 0 Å². The van der Waals surface area contributed by atoms with E-state index in [-0.39, 0.29) is 0 Å². The predicted octanol–water partition coefficient (Wildman–Crippen LogP) is 3.19. The number of hydrogen-bond acceptors (Lipinski definition) is 6. The third kappa shape index (κ3) is 2.65. The highest BCUT2D eigenvalue weighted by Crippen LogP contribution is 2.34. The Balaban J connectivity index is 2.27. The minimum Gasteiger partial charge on any atom is -0.497 e. The van der Waals surface area contributed by atoms with E-state index in [2.05, 4.69) is 9.97 Å². The minimum absolute atomic E-state index is 0.453. The average Bonchev–Trinajstić information content (AvgIpc) is 2.98. The molecule has 2 heterocycles. The number of carbonyl (C=O) groups is 1. The van der Waals surface area contributed by atoms with Crippen LogP contribution in [0.5, 0.6) is 5.75 Å². The molecule has 0 saturated heterocycles. The van der Waals surface area contributed by atoms with Gasteiger partial charge in [-0.3, -0.25) is 4.79 Å². The predicted molar refractivity (Wildman–Crippen MR) is 89.7 cm³/mol. The maximum atomic E-state index is 11.4. The lowest BCUT2D eigenvalue weighted by atomic mass is 10.1. The molecule has 1 aromatic carbocycles. The first-order valence-electron chi connectivity index (χ1n) is 6.42. The first-order valence-corrected chi connectivity index (χ1v) is 8.46. The zero-order chi connectivity index (χ0) is 15.7. The van der Waals surface area contributed by atoms with Gasteiger partial charge in [0, 0.05) is 10.9 Å². The fourth-order valence-electron chi connectivity index (χ4n) is 2.10. The topological polar surface area (TPSA) is 78.1 Å². The number of hydrogen-bond donors (Lipinski definition) is 1. The summed E-state index contributed by atoms with van der Waals surface area (Å²) in [4.78, 5) is 21.7. The summed E-state index contributed by atoms with van der Waals surface area (Å²) in [6.07, 6.45) is 1.92. The molecule has 0 radical (unpaired) electrons. The van der Waals surface area contributed by atoms with Crippen LogP contribution in [0.1, 0.15) is 9.67 Å². The van der Waals surface area contributed by atoms with Crippen molar-refractivity contribution in [1.29, 1.82) is 0 Å². The van der Waals surface area contributed by atoms with Gasteiger partial charge in [0.2, 0.25) is 0 Å². The van der Waals surface area contributed by atoms with Gasteiger partial charge >= 0.3 is 0 Å². The normalized spacial score (nSPS) is 10.8. The van der Waals surface area contributed by atoms with Crippen LogP contribution in [0.2, 0.25) is 0 Å². The van der Waals surface area contributed by atoms with Gasteiger partial charge in [0.25, 0.3) is 5.91 Å². The summed E-state index contributed by atoms with van der Waals surface area (Å²) >= 11 is 2.74. The fourth-order valence-corrected chi connectivity index (χ4v) is 3.41. The third-order valence-corrected chi connectivity index (χ3v) is 4.73. The van der Waals surface area contributed by atoms with Crippen LogP contribution in [0, 0.1) is 0 Å². The summed E-state index contributed by atoms with van der Waals surface area (Å²) < 4.78 is 5.27. The number of primary amides is 1. The van der Waals surface area contributed by atoms with E-state index in [9.17, 15) is 4.79 Å². The van der Waals surface area contributed by atoms with Gasteiger partial charge < -0.3 is 10.5 Å². The van der Waals surface area contributed by atoms with Crippen LogP contribution in [0.25, 0.3) is 21.5 Å². The molecule has 0 aliphatic carbocycles. The lowest BCUT2D eigenvalue weighted by Crippen LogP contribution is -2.08. The maximum absolute atomic E-state index is 11.4. The highest BCUT2D eigenvalue weighted by Gasteiger charge is 2.15. The van der Waals surface area contributed by atoms with Crippen LogP contribution in [0.15, 0.2) is 35.5 Å². The van der Waals surface area contributed by atoms with Crippen molar-refractivity contribution >= 4 is 39.2 Å². The molecule has 0 spiro atoms. The van der Waals surface area contributed by atoms with E-state index in [1.165, 1.54) is 23.1 Å². The quantitative estimate of drug-likeness (QED) is 0.587. The van der Waals surface area contributed by atoms with Crippen molar-refractivity contribution < 1.29 is 9.53 Å². The first kappa shape index (κ1) is 14.8. The van der Waals surface area contributed by atoms with Crippen LogP contribution in [0.3, 0.4) is 0 Å². The summed E-state index contributed by atoms with van der Waals surface area (Å²) in [7, 11) is 1.62. The largest absolute Gasteiger partial charge is 0.497 e. The Morgan fingerprint density at radius 2 is 2.14 bits per heavy atom. The van der Waals surface area contributed by atoms with Crippen molar-refractivity contribution in [3.8, 4) is 17.0 Å². The zero-order valence-corrected chi connectivity index (χ0v) is 13.6. The number of amides is 1. The number of methoxy groups -OCH3 is 1. The fraction of sp³-hybridized carbons (Fsp3) is 0.133. The van der Waals surface area contributed by atoms with Gasteiger partial charge in [-0.15, -0.1) is 11.3 Å². The number of fused-ring (bicyclic) bond motifs is 1. The molecular formula is C15H13N3O2S2. The van der Waals surface area contributed by atoms with Crippen LogP contribution < -0.4 is 10.5 Å². The molecule has 0 aliphatic rings. The lowest BCUT2D eigenvalue weighted by Gasteiger charge is -2.06. The number of rotatable bonds is 4. The molecular weight excluding hydrogens is 318 g/mol. The van der Waals surface area contributed by atoms with Crippen molar-refractivity contribution in [1.82, 2.24) is 9.97 Å². The number of carbonyl (C=O) groups excluding carboxylic acids is 1. The smallest absolute Gasteiger partial charge is 0.258 e. The number of nitrogens with two attached hydrogens (primary N) is 1. The van der Waals surface area contributed by atoms with Gasteiger partial charge in [-0.05, 0) is 24.5 Å². The Kier molecular flexibility index (Phi) is 4.00. The second-order valence-electron chi connectivity index (χ2n) is 4.48. The number of aromatic nitrogens is 2. The average molecular weight is 331 g/mol. The van der Waals surface area contributed by atoms with E-state index >= 15 is 0 Å². The standard InChI is InChI=1S/C15H13N3O2S2/c1-20-9-5-3-4-8(6-9)12-10-7-11(13(16)19)22-14(10)18-15(17-12)21-2/h3-7H,1-2H3,(H2,16,19). The molecule has 0 bridgehead atoms. The van der Waals surface area contributed by atoms with Crippen molar-refractivity contribution in [3.05, 3.63) is 35.2 Å². The molecule has 22 heavy (non-hydrogen) atoms. The van der Waals surface area contributed by atoms with E-state index in [1.54, 1.807) is 13.2 Å². The maximum Gasteiger partial charge on any atom is 0.258 e. The Hall–Kier alpha value is -2.12. The Labute approximate surface area is 135 Å². The summed E-state index contributed by atoms with van der Waals surface area (Å²) in [5.74, 6) is 0.297. The number of nitrogens with zero attached hydrogens (tertiary/aromatic N) is 2. The number of ether oxygens (including phenoxy) is 1. The lowest BCUT2D eigenvalue weighted by molar-refractivity contribution is 0.100. The summed E-state index contributed by atoms with van der Waals surface area (Å²) in [6.45, 7) is 0. The molecule has 1 amide bonds. The second-order valence-corrected chi connectivity index (χ2v) is 6.29. The highest BCUT2D eigenvalue weighted by molar-refractivity contribution is 7.98. The minimum atomic E-state index is -0.453. The second kappa shape index (κ2) is 5.94. The van der Waals surface area contributed by atoms with Crippen molar-refractivity contribution in [2.75, 3.05) is 13.4 Å². The Morgan fingerprint density at radius 3 is 2.82 bits per heavy atom. The van der Waals surface area contributed by atoms with Gasteiger partial charge in [0.05, 0.1) is 17.7 Å². The van der Waals surface area contributed by atoms with E-state index < -0.39 is 5.91 Å². The zero-order valence-electron chi connectivity index (χ0n) is 12.0.